The Balaban J connectivity index is 4.81. The van der Waals surface area contributed by atoms with Gasteiger partial charge in [-0.15, -0.1) is 0 Å². The van der Waals surface area contributed by atoms with Gasteiger partial charge in [0.2, 0.25) is 0 Å². The van der Waals surface area contributed by atoms with Crippen molar-refractivity contribution < 1.29 is 19.4 Å². The molecule has 0 bridgehead atoms. The number of ether oxygens (including phenoxy) is 1. The van der Waals surface area contributed by atoms with Crippen molar-refractivity contribution in [1.29, 1.82) is 0 Å². The lowest BCUT2D eigenvalue weighted by Crippen LogP contribution is -2.20. The number of esters is 1. The van der Waals surface area contributed by atoms with Crippen LogP contribution in [-0.4, -0.2) is 49.2 Å². The maximum atomic E-state index is 11.9. The predicted octanol–water partition coefficient (Wildman–Crippen LogP) is 2.87. The number of rotatable bonds is 10. The molecule has 0 aromatic rings. The zero-order valence-electron chi connectivity index (χ0n) is 14.4. The highest BCUT2D eigenvalue weighted by atomic mass is 16.5. The number of carboxylic acids is 1. The van der Waals surface area contributed by atoms with E-state index < -0.39 is 5.97 Å². The van der Waals surface area contributed by atoms with Gasteiger partial charge in [0.25, 0.3) is 0 Å². The third-order valence-electron chi connectivity index (χ3n) is 3.25. The maximum absolute atomic E-state index is 11.9. The Labute approximate surface area is 133 Å². The average Bonchev–Trinajstić information content (AvgIpc) is 2.43. The monoisotopic (exact) mass is 311 g/mol. The van der Waals surface area contributed by atoms with Gasteiger partial charge in [-0.25, -0.2) is 9.59 Å². The second kappa shape index (κ2) is 11.0. The number of nitrogens with zero attached hydrogens (tertiary/aromatic N) is 1. The normalized spacial score (nSPS) is 14.1. The van der Waals surface area contributed by atoms with Crippen molar-refractivity contribution in [1.82, 2.24) is 4.90 Å². The molecular weight excluding hydrogens is 282 g/mol. The fraction of sp³-hybridized carbons (Fsp3) is 0.647. The Bertz CT molecular complexity index is 424. The number of carboxylic acid groups (broad SMARTS) is 1. The molecule has 0 spiro atoms. The van der Waals surface area contributed by atoms with Crippen LogP contribution in [0.2, 0.25) is 0 Å². The Morgan fingerprint density at radius 1 is 1.18 bits per heavy atom. The third-order valence-corrected chi connectivity index (χ3v) is 3.25. The molecule has 0 aliphatic rings. The van der Waals surface area contributed by atoms with Crippen LogP contribution in [-0.2, 0) is 14.3 Å². The van der Waals surface area contributed by atoms with E-state index in [2.05, 4.69) is 6.92 Å². The van der Waals surface area contributed by atoms with Crippen LogP contribution in [0, 0.1) is 5.92 Å². The van der Waals surface area contributed by atoms with Gasteiger partial charge in [-0.2, -0.15) is 0 Å². The zero-order chi connectivity index (χ0) is 17.1. The van der Waals surface area contributed by atoms with E-state index in [9.17, 15) is 9.59 Å². The number of unbranched alkanes of at least 4 members (excludes halogenated alkanes) is 1. The lowest BCUT2D eigenvalue weighted by molar-refractivity contribution is -0.139. The van der Waals surface area contributed by atoms with Crippen molar-refractivity contribution in [2.24, 2.45) is 5.92 Å². The van der Waals surface area contributed by atoms with Crippen LogP contribution in [0.3, 0.4) is 0 Å². The third kappa shape index (κ3) is 9.34. The van der Waals surface area contributed by atoms with E-state index in [1.807, 2.05) is 19.0 Å². The first-order valence-corrected chi connectivity index (χ1v) is 7.69. The molecule has 1 atom stereocenters. The van der Waals surface area contributed by atoms with Crippen molar-refractivity contribution in [2.45, 2.75) is 40.0 Å². The van der Waals surface area contributed by atoms with E-state index in [0.717, 1.165) is 19.3 Å². The fourth-order valence-corrected chi connectivity index (χ4v) is 1.87. The summed E-state index contributed by atoms with van der Waals surface area (Å²) in [6, 6.07) is 0. The number of carbonyl (C=O) groups is 2. The smallest absolute Gasteiger partial charge is 0.333 e. The standard InChI is InChI=1S/C17H29NO4/c1-6-7-8-15(11-13(2)16(19)20)12-14(3)17(21)22-10-9-18(4)5/h11-12,15H,6-10H2,1-5H3,(H,19,20). The van der Waals surface area contributed by atoms with E-state index in [0.29, 0.717) is 24.3 Å². The summed E-state index contributed by atoms with van der Waals surface area (Å²) in [4.78, 5) is 24.8. The first-order valence-electron chi connectivity index (χ1n) is 7.69. The van der Waals surface area contributed by atoms with Gasteiger partial charge in [0.05, 0.1) is 0 Å². The van der Waals surface area contributed by atoms with Crippen LogP contribution < -0.4 is 0 Å². The number of likely N-dealkylation sites (N-methyl/N-ethyl adjacent to an activating group) is 1. The highest BCUT2D eigenvalue weighted by Gasteiger charge is 2.11. The van der Waals surface area contributed by atoms with Crippen LogP contribution in [0.25, 0.3) is 0 Å². The van der Waals surface area contributed by atoms with Gasteiger partial charge in [0.1, 0.15) is 6.61 Å². The first-order chi connectivity index (χ1) is 10.3. The molecule has 0 saturated heterocycles. The molecule has 0 aliphatic heterocycles. The van der Waals surface area contributed by atoms with Gasteiger partial charge in [-0.05, 0) is 40.3 Å². The van der Waals surface area contributed by atoms with Gasteiger partial charge in [0.15, 0.2) is 0 Å². The first kappa shape index (κ1) is 20.4. The molecule has 0 fully saturated rings. The molecule has 0 saturated carbocycles. The van der Waals surface area contributed by atoms with Crippen molar-refractivity contribution >= 4 is 11.9 Å². The molecule has 0 rings (SSSR count). The lowest BCUT2D eigenvalue weighted by Gasteiger charge is -2.12. The predicted molar refractivity (Wildman–Crippen MR) is 87.7 cm³/mol. The van der Waals surface area contributed by atoms with Crippen LogP contribution in [0.4, 0.5) is 0 Å². The molecule has 22 heavy (non-hydrogen) atoms. The molecule has 1 unspecified atom stereocenters. The zero-order valence-corrected chi connectivity index (χ0v) is 14.4. The summed E-state index contributed by atoms with van der Waals surface area (Å²) in [6.07, 6.45) is 6.34. The molecule has 0 aromatic heterocycles. The van der Waals surface area contributed by atoms with Crippen LogP contribution >= 0.6 is 0 Å². The topological polar surface area (TPSA) is 66.8 Å². The second-order valence-corrected chi connectivity index (χ2v) is 5.75. The summed E-state index contributed by atoms with van der Waals surface area (Å²) < 4.78 is 5.19. The van der Waals surface area contributed by atoms with Gasteiger partial charge in [0, 0.05) is 17.7 Å². The van der Waals surface area contributed by atoms with Crippen molar-refractivity contribution in [3.05, 3.63) is 23.3 Å². The van der Waals surface area contributed by atoms with Gasteiger partial charge in [-0.1, -0.05) is 31.9 Å². The maximum Gasteiger partial charge on any atom is 0.333 e. The Morgan fingerprint density at radius 2 is 1.77 bits per heavy atom. The van der Waals surface area contributed by atoms with E-state index in [4.69, 9.17) is 9.84 Å². The van der Waals surface area contributed by atoms with Gasteiger partial charge < -0.3 is 14.7 Å². The number of hydrogen-bond donors (Lipinski definition) is 1. The van der Waals surface area contributed by atoms with E-state index >= 15 is 0 Å². The summed E-state index contributed by atoms with van der Waals surface area (Å²) in [6.45, 7) is 6.38. The number of allylic oxidation sites excluding steroid dienone is 2. The van der Waals surface area contributed by atoms with E-state index in [1.54, 1.807) is 26.0 Å². The fourth-order valence-electron chi connectivity index (χ4n) is 1.87. The van der Waals surface area contributed by atoms with Crippen molar-refractivity contribution in [3.63, 3.8) is 0 Å². The molecule has 1 N–H and O–H groups in total. The minimum atomic E-state index is -0.930. The summed E-state index contributed by atoms with van der Waals surface area (Å²) in [7, 11) is 3.83. The molecule has 126 valence electrons. The quantitative estimate of drug-likeness (QED) is 0.496. The highest BCUT2D eigenvalue weighted by Crippen LogP contribution is 2.17. The Kier molecular flexibility index (Phi) is 10.2. The molecule has 0 radical (unpaired) electrons. The second-order valence-electron chi connectivity index (χ2n) is 5.75. The molecular formula is C17H29NO4. The number of aliphatic carboxylic acids is 1. The molecule has 0 aromatic carbocycles. The average molecular weight is 311 g/mol. The van der Waals surface area contributed by atoms with Gasteiger partial charge in [-0.3, -0.25) is 0 Å². The Hall–Kier alpha value is -1.62. The molecule has 5 nitrogen and oxygen atoms in total. The van der Waals surface area contributed by atoms with Crippen LogP contribution in [0.15, 0.2) is 23.3 Å². The lowest BCUT2D eigenvalue weighted by atomic mass is 9.97. The van der Waals surface area contributed by atoms with E-state index in [1.165, 1.54) is 0 Å². The highest BCUT2D eigenvalue weighted by molar-refractivity contribution is 5.88. The summed E-state index contributed by atoms with van der Waals surface area (Å²) in [5, 5.41) is 8.98. The van der Waals surface area contributed by atoms with Crippen molar-refractivity contribution in [2.75, 3.05) is 27.2 Å². The molecule has 5 heteroatoms. The summed E-state index contributed by atoms with van der Waals surface area (Å²) >= 11 is 0. The van der Waals surface area contributed by atoms with Crippen LogP contribution in [0.5, 0.6) is 0 Å². The molecule has 0 heterocycles. The molecule has 0 aliphatic carbocycles. The SMILES string of the molecule is CCCCC(C=C(C)C(=O)O)C=C(C)C(=O)OCCN(C)C. The largest absolute Gasteiger partial charge is 0.478 e. The minimum Gasteiger partial charge on any atom is -0.478 e. The Morgan fingerprint density at radius 3 is 2.27 bits per heavy atom. The van der Waals surface area contributed by atoms with Crippen molar-refractivity contribution in [3.8, 4) is 0 Å². The summed E-state index contributed by atoms with van der Waals surface area (Å²) in [5.74, 6) is -1.33. The molecule has 0 amide bonds. The summed E-state index contributed by atoms with van der Waals surface area (Å²) in [5.41, 5.74) is 0.820. The number of carbonyl (C=O) groups excluding carboxylic acids is 1. The van der Waals surface area contributed by atoms with E-state index in [-0.39, 0.29) is 11.9 Å². The van der Waals surface area contributed by atoms with Crippen LogP contribution in [0.1, 0.15) is 40.0 Å². The number of hydrogen-bond acceptors (Lipinski definition) is 4. The minimum absolute atomic E-state index is 0.0579. The van der Waals surface area contributed by atoms with Gasteiger partial charge >= 0.3 is 11.9 Å².